The molecule has 1 aromatic carbocycles. The van der Waals surface area contributed by atoms with Crippen molar-refractivity contribution in [2.75, 3.05) is 10.6 Å². The Morgan fingerprint density at radius 1 is 1.47 bits per heavy atom. The lowest BCUT2D eigenvalue weighted by Crippen LogP contribution is -2.19. The Morgan fingerprint density at radius 3 is 2.93 bits per heavy atom. The smallest absolute Gasteiger partial charge is 0.226 e. The van der Waals surface area contributed by atoms with Gasteiger partial charge in [0, 0.05) is 16.9 Å². The van der Waals surface area contributed by atoms with Crippen molar-refractivity contribution in [2.24, 2.45) is 0 Å². The minimum absolute atomic E-state index is 0.0197. The number of anilines is 2. The van der Waals surface area contributed by atoms with E-state index in [0.717, 1.165) is 10.2 Å². The molecule has 1 aliphatic heterocycles. The second-order valence-electron chi connectivity index (χ2n) is 3.58. The molecule has 15 heavy (non-hydrogen) atoms. The van der Waals surface area contributed by atoms with Crippen LogP contribution in [0.15, 0.2) is 16.6 Å². The van der Waals surface area contributed by atoms with Crippen LogP contribution in [0.2, 0.25) is 5.02 Å². The fourth-order valence-electron chi connectivity index (χ4n) is 1.58. The van der Waals surface area contributed by atoms with Crippen LogP contribution in [-0.4, -0.2) is 11.9 Å². The second-order valence-corrected chi connectivity index (χ2v) is 4.84. The van der Waals surface area contributed by atoms with Crippen LogP contribution in [0.4, 0.5) is 11.4 Å². The molecule has 1 aliphatic rings. The zero-order valence-electron chi connectivity index (χ0n) is 8.10. The lowest BCUT2D eigenvalue weighted by atomic mass is 10.2. The summed E-state index contributed by atoms with van der Waals surface area (Å²) < 4.78 is 0.899. The molecule has 0 spiro atoms. The van der Waals surface area contributed by atoms with Crippen LogP contribution in [-0.2, 0) is 4.79 Å². The van der Waals surface area contributed by atoms with E-state index in [1.54, 1.807) is 6.07 Å². The number of nitrogens with one attached hydrogen (secondary N) is 2. The number of fused-ring (bicyclic) bond motifs is 1. The highest BCUT2D eigenvalue weighted by atomic mass is 79.9. The lowest BCUT2D eigenvalue weighted by Gasteiger charge is -2.14. The van der Waals surface area contributed by atoms with E-state index in [0.29, 0.717) is 17.1 Å². The number of rotatable bonds is 0. The average Bonchev–Trinajstić information content (AvgIpc) is 2.31. The van der Waals surface area contributed by atoms with Gasteiger partial charge in [0.15, 0.2) is 0 Å². The highest BCUT2D eigenvalue weighted by molar-refractivity contribution is 9.10. The largest absolute Gasteiger partial charge is 0.379 e. The fourth-order valence-corrected chi connectivity index (χ4v) is 2.23. The van der Waals surface area contributed by atoms with Crippen LogP contribution >= 0.6 is 27.5 Å². The molecular formula is C10H10BrClN2O. The zero-order chi connectivity index (χ0) is 11.0. The Balaban J connectivity index is 2.54. The molecule has 2 N–H and O–H groups in total. The van der Waals surface area contributed by atoms with E-state index in [1.807, 2.05) is 13.0 Å². The van der Waals surface area contributed by atoms with Gasteiger partial charge in [-0.25, -0.2) is 0 Å². The van der Waals surface area contributed by atoms with Gasteiger partial charge in [-0.2, -0.15) is 0 Å². The third kappa shape index (κ3) is 2.11. The molecule has 0 aromatic heterocycles. The number of hydrogen-bond donors (Lipinski definition) is 2. The summed E-state index contributed by atoms with van der Waals surface area (Å²) in [6, 6.07) is 3.71. The van der Waals surface area contributed by atoms with Crippen molar-refractivity contribution in [1.82, 2.24) is 0 Å². The SMILES string of the molecule is C[C@@H]1CC(=O)Nc2c(Cl)ccc(Br)c2N1. The molecule has 0 fully saturated rings. The monoisotopic (exact) mass is 288 g/mol. The maximum Gasteiger partial charge on any atom is 0.226 e. The van der Waals surface area contributed by atoms with Crippen molar-refractivity contribution in [3.63, 3.8) is 0 Å². The van der Waals surface area contributed by atoms with Gasteiger partial charge in [0.05, 0.1) is 16.4 Å². The predicted molar refractivity (Wildman–Crippen MR) is 65.5 cm³/mol. The molecule has 0 unspecified atom stereocenters. The van der Waals surface area contributed by atoms with Crippen molar-refractivity contribution in [3.05, 3.63) is 21.6 Å². The number of amides is 1. The van der Waals surface area contributed by atoms with E-state index < -0.39 is 0 Å². The van der Waals surface area contributed by atoms with Crippen molar-refractivity contribution in [2.45, 2.75) is 19.4 Å². The van der Waals surface area contributed by atoms with E-state index in [9.17, 15) is 4.79 Å². The van der Waals surface area contributed by atoms with Gasteiger partial charge in [0.1, 0.15) is 0 Å². The van der Waals surface area contributed by atoms with Gasteiger partial charge >= 0.3 is 0 Å². The molecule has 1 heterocycles. The molecule has 5 heteroatoms. The average molecular weight is 290 g/mol. The highest BCUT2D eigenvalue weighted by Gasteiger charge is 2.21. The first kappa shape index (κ1) is 10.8. The maximum absolute atomic E-state index is 11.5. The van der Waals surface area contributed by atoms with Gasteiger partial charge in [-0.3, -0.25) is 4.79 Å². The Bertz CT molecular complexity index is 422. The summed E-state index contributed by atoms with van der Waals surface area (Å²) in [5.74, 6) is -0.0197. The fraction of sp³-hybridized carbons (Fsp3) is 0.300. The molecule has 0 saturated carbocycles. The van der Waals surface area contributed by atoms with Crippen molar-refractivity contribution >= 4 is 44.8 Å². The molecule has 0 radical (unpaired) electrons. The Kier molecular flexibility index (Phi) is 2.89. The van der Waals surface area contributed by atoms with Gasteiger partial charge in [-0.15, -0.1) is 0 Å². The van der Waals surface area contributed by atoms with Crippen LogP contribution < -0.4 is 10.6 Å². The number of halogens is 2. The van der Waals surface area contributed by atoms with E-state index in [-0.39, 0.29) is 11.9 Å². The first-order valence-electron chi connectivity index (χ1n) is 4.62. The van der Waals surface area contributed by atoms with Gasteiger partial charge < -0.3 is 10.6 Å². The maximum atomic E-state index is 11.5. The van der Waals surface area contributed by atoms with Gasteiger partial charge in [0.2, 0.25) is 5.91 Å². The Hall–Kier alpha value is -0.740. The summed E-state index contributed by atoms with van der Waals surface area (Å²) in [5.41, 5.74) is 1.50. The third-order valence-corrected chi connectivity index (χ3v) is 3.23. The molecule has 0 aliphatic carbocycles. The molecule has 1 amide bonds. The molecule has 2 rings (SSSR count). The second kappa shape index (κ2) is 4.02. The van der Waals surface area contributed by atoms with Crippen molar-refractivity contribution in [1.29, 1.82) is 0 Å². The molecular weight excluding hydrogens is 279 g/mol. The number of carbonyl (C=O) groups is 1. The first-order valence-corrected chi connectivity index (χ1v) is 5.79. The molecule has 0 saturated heterocycles. The van der Waals surface area contributed by atoms with Crippen molar-refractivity contribution < 1.29 is 4.79 Å². The van der Waals surface area contributed by atoms with E-state index in [2.05, 4.69) is 26.6 Å². The van der Waals surface area contributed by atoms with Gasteiger partial charge in [-0.1, -0.05) is 11.6 Å². The van der Waals surface area contributed by atoms with Crippen LogP contribution in [0.5, 0.6) is 0 Å². The summed E-state index contributed by atoms with van der Waals surface area (Å²) in [6.45, 7) is 1.96. The number of hydrogen-bond acceptors (Lipinski definition) is 2. The number of carbonyl (C=O) groups excluding carboxylic acids is 1. The van der Waals surface area contributed by atoms with Crippen LogP contribution in [0.25, 0.3) is 0 Å². The Morgan fingerprint density at radius 2 is 2.20 bits per heavy atom. The first-order chi connectivity index (χ1) is 7.08. The predicted octanol–water partition coefficient (Wildman–Crippen LogP) is 3.25. The minimum Gasteiger partial charge on any atom is -0.379 e. The Labute approximate surface area is 101 Å². The minimum atomic E-state index is -0.0197. The molecule has 1 atom stereocenters. The summed E-state index contributed by atoms with van der Waals surface area (Å²) >= 11 is 9.45. The van der Waals surface area contributed by atoms with Gasteiger partial charge in [0.25, 0.3) is 0 Å². The van der Waals surface area contributed by atoms with Crippen LogP contribution in [0, 0.1) is 0 Å². The van der Waals surface area contributed by atoms with E-state index in [1.165, 1.54) is 0 Å². The number of benzene rings is 1. The summed E-state index contributed by atoms with van der Waals surface area (Å²) in [4.78, 5) is 11.5. The van der Waals surface area contributed by atoms with Gasteiger partial charge in [-0.05, 0) is 35.0 Å². The quantitative estimate of drug-likeness (QED) is 0.770. The summed E-state index contributed by atoms with van der Waals surface area (Å²) in [5, 5.41) is 6.59. The lowest BCUT2D eigenvalue weighted by molar-refractivity contribution is -0.116. The van der Waals surface area contributed by atoms with Crippen LogP contribution in [0.3, 0.4) is 0 Å². The normalized spacial score (nSPS) is 19.9. The molecule has 3 nitrogen and oxygen atoms in total. The third-order valence-electron chi connectivity index (χ3n) is 2.25. The molecule has 1 aromatic rings. The standard InChI is InChI=1S/C10H10BrClN2O/c1-5-4-8(15)14-10-7(12)3-2-6(11)9(10)13-5/h2-3,5,13H,4H2,1H3,(H,14,15)/t5-/m1/s1. The van der Waals surface area contributed by atoms with Crippen LogP contribution in [0.1, 0.15) is 13.3 Å². The summed E-state index contributed by atoms with van der Waals surface area (Å²) in [7, 11) is 0. The van der Waals surface area contributed by atoms with E-state index in [4.69, 9.17) is 11.6 Å². The van der Waals surface area contributed by atoms with Crippen molar-refractivity contribution in [3.8, 4) is 0 Å². The summed E-state index contributed by atoms with van der Waals surface area (Å²) in [6.07, 6.45) is 0.442. The molecule has 80 valence electrons. The molecule has 0 bridgehead atoms. The topological polar surface area (TPSA) is 41.1 Å². The zero-order valence-corrected chi connectivity index (χ0v) is 10.4. The van der Waals surface area contributed by atoms with E-state index >= 15 is 0 Å². The highest BCUT2D eigenvalue weighted by Crippen LogP contribution is 2.38.